The Morgan fingerprint density at radius 2 is 2.23 bits per heavy atom. The van der Waals surface area contributed by atoms with E-state index in [0.29, 0.717) is 5.41 Å². The van der Waals surface area contributed by atoms with Gasteiger partial charge in [-0.3, -0.25) is 4.90 Å². The van der Waals surface area contributed by atoms with E-state index in [9.17, 15) is 0 Å². The summed E-state index contributed by atoms with van der Waals surface area (Å²) in [6.45, 7) is 9.76. The maximum absolute atomic E-state index is 3.56. The number of hydrogen-bond acceptors (Lipinski definition) is 2. The lowest BCUT2D eigenvalue weighted by Gasteiger charge is -2.34. The molecule has 1 aliphatic heterocycles. The Labute approximate surface area is 81.7 Å². The van der Waals surface area contributed by atoms with Crippen LogP contribution in [0, 0.1) is 5.41 Å². The standard InChI is InChI=1S/C11H22N2/c1-3-10-8-13(7-6-12-10)9-11(2)4-5-11/h10,12H,3-9H2,1-2H3. The minimum atomic E-state index is 0.690. The van der Waals surface area contributed by atoms with E-state index in [-0.39, 0.29) is 0 Å². The third-order valence-electron chi connectivity index (χ3n) is 3.54. The molecule has 2 fully saturated rings. The fourth-order valence-corrected chi connectivity index (χ4v) is 2.22. The Balaban J connectivity index is 1.78. The summed E-state index contributed by atoms with van der Waals surface area (Å²) in [7, 11) is 0. The summed E-state index contributed by atoms with van der Waals surface area (Å²) in [4.78, 5) is 2.65. The lowest BCUT2D eigenvalue weighted by Crippen LogP contribution is -2.51. The van der Waals surface area contributed by atoms with Gasteiger partial charge in [-0.05, 0) is 24.7 Å². The van der Waals surface area contributed by atoms with Crippen LogP contribution in [0.3, 0.4) is 0 Å². The molecule has 1 aliphatic carbocycles. The highest BCUT2D eigenvalue weighted by Gasteiger charge is 2.39. The molecule has 1 N–H and O–H groups in total. The van der Waals surface area contributed by atoms with Crippen LogP contribution in [0.2, 0.25) is 0 Å². The zero-order valence-corrected chi connectivity index (χ0v) is 8.97. The SMILES string of the molecule is CCC1CN(CC2(C)CC2)CCN1. The molecule has 2 rings (SSSR count). The van der Waals surface area contributed by atoms with Crippen molar-refractivity contribution in [2.75, 3.05) is 26.2 Å². The van der Waals surface area contributed by atoms with Gasteiger partial charge in [0.25, 0.3) is 0 Å². The van der Waals surface area contributed by atoms with E-state index in [1.54, 1.807) is 0 Å². The van der Waals surface area contributed by atoms with Gasteiger partial charge < -0.3 is 5.32 Å². The molecule has 2 nitrogen and oxygen atoms in total. The Hall–Kier alpha value is -0.0800. The molecule has 1 atom stereocenters. The van der Waals surface area contributed by atoms with Gasteiger partial charge in [0.15, 0.2) is 0 Å². The fraction of sp³-hybridized carbons (Fsp3) is 1.00. The van der Waals surface area contributed by atoms with Crippen molar-refractivity contribution < 1.29 is 0 Å². The second kappa shape index (κ2) is 3.58. The van der Waals surface area contributed by atoms with Gasteiger partial charge in [-0.1, -0.05) is 13.8 Å². The van der Waals surface area contributed by atoms with Crippen molar-refractivity contribution in [1.82, 2.24) is 10.2 Å². The van der Waals surface area contributed by atoms with E-state index in [1.807, 2.05) is 0 Å². The molecular weight excluding hydrogens is 160 g/mol. The molecule has 1 saturated carbocycles. The van der Waals surface area contributed by atoms with Crippen molar-refractivity contribution in [3.63, 3.8) is 0 Å². The van der Waals surface area contributed by atoms with Crippen molar-refractivity contribution in [3.8, 4) is 0 Å². The quantitative estimate of drug-likeness (QED) is 0.711. The second-order valence-electron chi connectivity index (χ2n) is 5.11. The van der Waals surface area contributed by atoms with Crippen LogP contribution in [-0.4, -0.2) is 37.1 Å². The van der Waals surface area contributed by atoms with Crippen molar-refractivity contribution >= 4 is 0 Å². The van der Waals surface area contributed by atoms with Crippen LogP contribution in [0.5, 0.6) is 0 Å². The van der Waals surface area contributed by atoms with Crippen LogP contribution in [0.25, 0.3) is 0 Å². The summed E-state index contributed by atoms with van der Waals surface area (Å²) in [6, 6.07) is 0.746. The highest BCUT2D eigenvalue weighted by Crippen LogP contribution is 2.45. The van der Waals surface area contributed by atoms with E-state index in [1.165, 1.54) is 45.4 Å². The van der Waals surface area contributed by atoms with E-state index < -0.39 is 0 Å². The summed E-state index contributed by atoms with van der Waals surface area (Å²) in [5.41, 5.74) is 0.690. The first-order chi connectivity index (χ1) is 6.22. The van der Waals surface area contributed by atoms with Gasteiger partial charge in [0.05, 0.1) is 0 Å². The summed E-state index contributed by atoms with van der Waals surface area (Å²) < 4.78 is 0. The van der Waals surface area contributed by atoms with Crippen LogP contribution in [0.15, 0.2) is 0 Å². The zero-order valence-electron chi connectivity index (χ0n) is 8.97. The predicted octanol–water partition coefficient (Wildman–Crippen LogP) is 1.47. The van der Waals surface area contributed by atoms with Crippen molar-refractivity contribution in [1.29, 1.82) is 0 Å². The van der Waals surface area contributed by atoms with Gasteiger partial charge in [-0.25, -0.2) is 0 Å². The molecule has 0 aromatic rings. The summed E-state index contributed by atoms with van der Waals surface area (Å²) in [5, 5.41) is 3.56. The third-order valence-corrected chi connectivity index (χ3v) is 3.54. The average Bonchev–Trinajstić information content (AvgIpc) is 2.84. The van der Waals surface area contributed by atoms with Gasteiger partial charge in [0.1, 0.15) is 0 Å². The Morgan fingerprint density at radius 1 is 1.46 bits per heavy atom. The molecule has 0 spiro atoms. The van der Waals surface area contributed by atoms with Crippen LogP contribution >= 0.6 is 0 Å². The van der Waals surface area contributed by atoms with Gasteiger partial charge in [-0.2, -0.15) is 0 Å². The molecule has 76 valence electrons. The summed E-state index contributed by atoms with van der Waals surface area (Å²) in [6.07, 6.45) is 4.18. The summed E-state index contributed by atoms with van der Waals surface area (Å²) in [5.74, 6) is 0. The number of hydrogen-bond donors (Lipinski definition) is 1. The Kier molecular flexibility index (Phi) is 2.61. The molecular formula is C11H22N2. The van der Waals surface area contributed by atoms with Crippen LogP contribution in [0.4, 0.5) is 0 Å². The van der Waals surface area contributed by atoms with E-state index >= 15 is 0 Å². The van der Waals surface area contributed by atoms with E-state index in [2.05, 4.69) is 24.1 Å². The summed E-state index contributed by atoms with van der Waals surface area (Å²) >= 11 is 0. The third kappa shape index (κ3) is 2.44. The van der Waals surface area contributed by atoms with Crippen molar-refractivity contribution in [2.24, 2.45) is 5.41 Å². The first-order valence-electron chi connectivity index (χ1n) is 5.68. The monoisotopic (exact) mass is 182 g/mol. The van der Waals surface area contributed by atoms with Gasteiger partial charge in [0.2, 0.25) is 0 Å². The zero-order chi connectivity index (χ0) is 9.31. The number of nitrogens with zero attached hydrogens (tertiary/aromatic N) is 1. The number of rotatable bonds is 3. The molecule has 2 heteroatoms. The normalized spacial score (nSPS) is 33.2. The minimum absolute atomic E-state index is 0.690. The maximum atomic E-state index is 3.56. The number of nitrogens with one attached hydrogen (secondary N) is 1. The molecule has 0 radical (unpaired) electrons. The first-order valence-corrected chi connectivity index (χ1v) is 5.68. The smallest absolute Gasteiger partial charge is 0.0192 e. The predicted molar refractivity (Wildman–Crippen MR) is 55.9 cm³/mol. The highest BCUT2D eigenvalue weighted by atomic mass is 15.2. The first kappa shape index (κ1) is 9.47. The molecule has 0 amide bonds. The molecule has 1 heterocycles. The molecule has 13 heavy (non-hydrogen) atoms. The molecule has 0 bridgehead atoms. The van der Waals surface area contributed by atoms with Crippen molar-refractivity contribution in [3.05, 3.63) is 0 Å². The topological polar surface area (TPSA) is 15.3 Å². The van der Waals surface area contributed by atoms with Crippen molar-refractivity contribution in [2.45, 2.75) is 39.2 Å². The second-order valence-corrected chi connectivity index (χ2v) is 5.11. The molecule has 1 saturated heterocycles. The van der Waals surface area contributed by atoms with E-state index in [4.69, 9.17) is 0 Å². The Bertz CT molecular complexity index is 175. The van der Waals surface area contributed by atoms with Crippen LogP contribution < -0.4 is 5.32 Å². The molecule has 2 aliphatic rings. The van der Waals surface area contributed by atoms with Gasteiger partial charge in [0, 0.05) is 32.2 Å². The molecule has 1 unspecified atom stereocenters. The molecule has 0 aromatic carbocycles. The van der Waals surface area contributed by atoms with Gasteiger partial charge in [-0.15, -0.1) is 0 Å². The lowest BCUT2D eigenvalue weighted by atomic mass is 10.1. The maximum Gasteiger partial charge on any atom is 0.0192 e. The highest BCUT2D eigenvalue weighted by molar-refractivity contribution is 4.92. The minimum Gasteiger partial charge on any atom is -0.311 e. The van der Waals surface area contributed by atoms with Gasteiger partial charge >= 0.3 is 0 Å². The molecule has 0 aromatic heterocycles. The van der Waals surface area contributed by atoms with Crippen LogP contribution in [0.1, 0.15) is 33.1 Å². The lowest BCUT2D eigenvalue weighted by molar-refractivity contribution is 0.168. The van der Waals surface area contributed by atoms with Crippen LogP contribution in [-0.2, 0) is 0 Å². The number of piperazine rings is 1. The fourth-order valence-electron chi connectivity index (χ4n) is 2.22. The average molecular weight is 182 g/mol. The largest absolute Gasteiger partial charge is 0.311 e. The Morgan fingerprint density at radius 3 is 2.85 bits per heavy atom. The van der Waals surface area contributed by atoms with E-state index in [0.717, 1.165) is 6.04 Å².